The second kappa shape index (κ2) is 10.1. The van der Waals surface area contributed by atoms with E-state index in [2.05, 4.69) is 0 Å². The lowest BCUT2D eigenvalue weighted by Crippen LogP contribution is -2.53. The largest absolute Gasteiger partial charge is 0.426 e. The van der Waals surface area contributed by atoms with Gasteiger partial charge in [-0.15, -0.1) is 0 Å². The minimum absolute atomic E-state index is 0.0275. The number of carbonyl (C=O) groups excluding carboxylic acids is 2. The molecule has 5 rings (SSSR count). The highest BCUT2D eigenvalue weighted by Crippen LogP contribution is 2.60. The van der Waals surface area contributed by atoms with E-state index in [1.165, 1.54) is 13.0 Å². The molecule has 1 aliphatic heterocycles. The number of nitrogens with zero attached hydrogens (tertiary/aromatic N) is 2. The Morgan fingerprint density at radius 1 is 0.927 bits per heavy atom. The van der Waals surface area contributed by atoms with Crippen LogP contribution < -0.4 is 0 Å². The number of hydrogen-bond acceptors (Lipinski definition) is 4. The number of fused-ring (bicyclic) bond motifs is 3. The van der Waals surface area contributed by atoms with Crippen LogP contribution in [0.4, 0.5) is 22.0 Å². The maximum absolute atomic E-state index is 14.9. The number of carbonyl (C=O) groups is 2. The maximum Gasteiger partial charge on any atom is 0.426 e. The van der Waals surface area contributed by atoms with E-state index in [0.29, 0.717) is 38.7 Å². The molecular weight excluding hydrogens is 567 g/mol. The van der Waals surface area contributed by atoms with Gasteiger partial charge < -0.3 is 9.80 Å². The smallest absolute Gasteiger partial charge is 0.339 e. The van der Waals surface area contributed by atoms with Crippen molar-refractivity contribution in [2.75, 3.05) is 26.2 Å². The molecule has 0 bridgehead atoms. The van der Waals surface area contributed by atoms with Crippen molar-refractivity contribution in [3.8, 4) is 0 Å². The monoisotopic (exact) mass is 598 g/mol. The van der Waals surface area contributed by atoms with E-state index in [1.807, 2.05) is 0 Å². The van der Waals surface area contributed by atoms with Crippen LogP contribution in [-0.2, 0) is 36.3 Å². The summed E-state index contributed by atoms with van der Waals surface area (Å²) in [5, 5.41) is 0. The van der Waals surface area contributed by atoms with Gasteiger partial charge in [-0.3, -0.25) is 9.59 Å². The van der Waals surface area contributed by atoms with Crippen LogP contribution in [0.15, 0.2) is 47.4 Å². The lowest BCUT2D eigenvalue weighted by Gasteiger charge is -2.43. The minimum atomic E-state index is -5.17. The average molecular weight is 599 g/mol. The highest BCUT2D eigenvalue weighted by molar-refractivity contribution is 7.92. The Morgan fingerprint density at radius 2 is 1.54 bits per heavy atom. The zero-order chi connectivity index (χ0) is 30.0. The van der Waals surface area contributed by atoms with Crippen LogP contribution in [0.5, 0.6) is 0 Å². The first-order valence-electron chi connectivity index (χ1n) is 13.6. The first-order valence-corrected chi connectivity index (χ1v) is 15.0. The maximum atomic E-state index is 14.9. The van der Waals surface area contributed by atoms with Crippen molar-refractivity contribution in [1.82, 2.24) is 9.80 Å². The summed E-state index contributed by atoms with van der Waals surface area (Å²) in [4.78, 5) is 28.6. The van der Waals surface area contributed by atoms with Gasteiger partial charge in [0.2, 0.25) is 17.5 Å². The van der Waals surface area contributed by atoms with Gasteiger partial charge in [-0.05, 0) is 79.5 Å². The second-order valence-corrected chi connectivity index (χ2v) is 13.5. The molecule has 6 nitrogen and oxygen atoms in total. The Kier molecular flexibility index (Phi) is 7.23. The molecular formula is C29H31F5N2O4S. The molecule has 2 aromatic carbocycles. The number of amides is 2. The van der Waals surface area contributed by atoms with Crippen LogP contribution >= 0.6 is 0 Å². The van der Waals surface area contributed by atoms with Gasteiger partial charge in [0.05, 0.1) is 4.90 Å². The summed E-state index contributed by atoms with van der Waals surface area (Å²) in [5.41, 5.74) is -3.71. The van der Waals surface area contributed by atoms with E-state index in [9.17, 15) is 40.0 Å². The molecule has 3 aliphatic rings. The Hall–Kier alpha value is -3.02. The summed E-state index contributed by atoms with van der Waals surface area (Å²) in [6, 6.07) is 7.68. The van der Waals surface area contributed by atoms with Crippen molar-refractivity contribution >= 4 is 21.7 Å². The summed E-state index contributed by atoms with van der Waals surface area (Å²) in [5.74, 6) is -2.33. The minimum Gasteiger partial charge on any atom is -0.339 e. The highest BCUT2D eigenvalue weighted by atomic mass is 32.2. The van der Waals surface area contributed by atoms with Crippen LogP contribution in [0.25, 0.3) is 0 Å². The molecule has 1 saturated heterocycles. The lowest BCUT2D eigenvalue weighted by molar-refractivity contribution is -0.228. The van der Waals surface area contributed by atoms with Crippen molar-refractivity contribution in [2.45, 2.75) is 61.0 Å². The van der Waals surface area contributed by atoms with Gasteiger partial charge in [0, 0.05) is 39.0 Å². The third-order valence-corrected chi connectivity index (χ3v) is 11.8. The van der Waals surface area contributed by atoms with Crippen molar-refractivity contribution in [3.63, 3.8) is 0 Å². The zero-order valence-electron chi connectivity index (χ0n) is 22.7. The molecule has 0 N–H and O–H groups in total. The van der Waals surface area contributed by atoms with E-state index >= 15 is 0 Å². The normalized spacial score (nSPS) is 26.2. The van der Waals surface area contributed by atoms with Gasteiger partial charge in [-0.25, -0.2) is 17.2 Å². The fourth-order valence-corrected chi connectivity index (χ4v) is 9.38. The Balaban J connectivity index is 1.59. The van der Waals surface area contributed by atoms with Crippen molar-refractivity contribution in [3.05, 3.63) is 65.0 Å². The quantitative estimate of drug-likeness (QED) is 0.371. The summed E-state index contributed by atoms with van der Waals surface area (Å²) in [6.07, 6.45) is -4.56. The first-order chi connectivity index (χ1) is 19.1. The van der Waals surface area contributed by atoms with Gasteiger partial charge in [0.15, 0.2) is 9.84 Å². The predicted molar refractivity (Wildman–Crippen MR) is 140 cm³/mol. The number of benzene rings is 2. The van der Waals surface area contributed by atoms with Gasteiger partial charge in [-0.1, -0.05) is 18.2 Å². The molecule has 2 aromatic rings. The number of alkyl halides is 4. The molecule has 0 spiro atoms. The average Bonchev–Trinajstić information content (AvgIpc) is 3.34. The van der Waals surface area contributed by atoms with E-state index in [1.54, 1.807) is 9.80 Å². The van der Waals surface area contributed by atoms with E-state index in [-0.39, 0.29) is 48.0 Å². The summed E-state index contributed by atoms with van der Waals surface area (Å²) < 4.78 is 96.3. The molecule has 2 aliphatic carbocycles. The van der Waals surface area contributed by atoms with Gasteiger partial charge >= 0.3 is 6.18 Å². The molecule has 0 aromatic heterocycles. The number of halogens is 5. The Bertz CT molecular complexity index is 1470. The molecule has 41 heavy (non-hydrogen) atoms. The molecule has 12 heteroatoms. The summed E-state index contributed by atoms with van der Waals surface area (Å²) in [6.45, 7) is 3.24. The Labute approximate surface area is 235 Å². The van der Waals surface area contributed by atoms with Crippen LogP contribution in [0.1, 0.15) is 49.8 Å². The molecule has 1 heterocycles. The standard InChI is InChI=1S/C29H31F5N2O4S/c1-18(37)35-13-15-36(16-14-35)26(38)23-11-12-28(41(39,40)22-7-5-21(30)6-8-22)24-10-4-20(27(2,31)29(32,33)34)17-19(24)3-9-25(23)28/h4-8,10,17,23,25H,3,9,11-16H2,1-2H3/t23-,25-,27?,28+/m0/s1. The molecule has 1 saturated carbocycles. The van der Waals surface area contributed by atoms with Crippen LogP contribution in [-0.4, -0.2) is 62.4 Å². The third kappa shape index (κ3) is 4.62. The lowest BCUT2D eigenvalue weighted by atomic mass is 9.72. The number of piperazine rings is 1. The van der Waals surface area contributed by atoms with Crippen LogP contribution in [0.3, 0.4) is 0 Å². The molecule has 2 amide bonds. The highest BCUT2D eigenvalue weighted by Gasteiger charge is 2.62. The molecule has 222 valence electrons. The fourth-order valence-electron chi connectivity index (χ4n) is 6.90. The summed E-state index contributed by atoms with van der Waals surface area (Å²) >= 11 is 0. The van der Waals surface area contributed by atoms with Crippen LogP contribution in [0.2, 0.25) is 0 Å². The Morgan fingerprint density at radius 3 is 2.12 bits per heavy atom. The third-order valence-electron chi connectivity index (χ3n) is 9.23. The predicted octanol–water partition coefficient (Wildman–Crippen LogP) is 4.91. The SMILES string of the molecule is CC(=O)N1CCN(C(=O)[C@H]2CC[C@@]3(S(=O)(=O)c4ccc(F)cc4)c4ccc(C(C)(F)C(F)(F)F)cc4CC[C@@H]23)CC1. The van der Waals surface area contributed by atoms with Gasteiger partial charge in [0.25, 0.3) is 0 Å². The van der Waals surface area contributed by atoms with E-state index < -0.39 is 49.6 Å². The first kappa shape index (κ1) is 29.5. The van der Waals surface area contributed by atoms with Crippen molar-refractivity contribution < 1.29 is 40.0 Å². The van der Waals surface area contributed by atoms with E-state index in [4.69, 9.17) is 0 Å². The van der Waals surface area contributed by atoms with Crippen molar-refractivity contribution in [1.29, 1.82) is 0 Å². The van der Waals surface area contributed by atoms with E-state index in [0.717, 1.165) is 36.4 Å². The molecule has 1 unspecified atom stereocenters. The van der Waals surface area contributed by atoms with Crippen LogP contribution in [0, 0.1) is 17.7 Å². The fraction of sp³-hybridized carbons (Fsp3) is 0.517. The van der Waals surface area contributed by atoms with Gasteiger partial charge in [0.1, 0.15) is 10.6 Å². The number of sulfone groups is 1. The molecule has 4 atom stereocenters. The molecule has 0 radical (unpaired) electrons. The number of hydrogen-bond donors (Lipinski definition) is 0. The van der Waals surface area contributed by atoms with Gasteiger partial charge in [-0.2, -0.15) is 13.2 Å². The zero-order valence-corrected chi connectivity index (χ0v) is 23.5. The number of aryl methyl sites for hydroxylation is 1. The molecule has 2 fully saturated rings. The van der Waals surface area contributed by atoms with Crippen molar-refractivity contribution in [2.24, 2.45) is 11.8 Å². The second-order valence-electron chi connectivity index (χ2n) is 11.3. The summed E-state index contributed by atoms with van der Waals surface area (Å²) in [7, 11) is -4.29. The number of rotatable bonds is 4. The topological polar surface area (TPSA) is 74.8 Å².